The van der Waals surface area contributed by atoms with E-state index in [1.807, 2.05) is 6.07 Å². The summed E-state index contributed by atoms with van der Waals surface area (Å²) in [6.45, 7) is 0. The Morgan fingerprint density at radius 1 is 0.920 bits per heavy atom. The van der Waals surface area contributed by atoms with Gasteiger partial charge in [0.25, 0.3) is 0 Å². The van der Waals surface area contributed by atoms with Gasteiger partial charge in [-0.3, -0.25) is 0 Å². The lowest BCUT2D eigenvalue weighted by Gasteiger charge is -2.29. The van der Waals surface area contributed by atoms with E-state index in [-0.39, 0.29) is 11.7 Å². The standard InChI is InChI=1S/C20H20F3NO/c21-20(22,23)19-7-2-1-6-18(19)13-4-3-5-16(10-13)25-17-11-14-8-9-15(12-17)24-14/h1-7,10,14-15,17,24H,8-9,11-12H2/t14-,15+,17-. The number of alkyl halides is 3. The van der Waals surface area contributed by atoms with Crippen LogP contribution in [0.2, 0.25) is 0 Å². The molecule has 25 heavy (non-hydrogen) atoms. The summed E-state index contributed by atoms with van der Waals surface area (Å²) >= 11 is 0. The van der Waals surface area contributed by atoms with E-state index >= 15 is 0 Å². The molecule has 1 N–H and O–H groups in total. The highest BCUT2D eigenvalue weighted by molar-refractivity contribution is 5.69. The Balaban J connectivity index is 1.58. The molecule has 2 saturated heterocycles. The number of halogens is 3. The predicted molar refractivity (Wildman–Crippen MR) is 90.5 cm³/mol. The Labute approximate surface area is 145 Å². The fourth-order valence-electron chi connectivity index (χ4n) is 4.01. The van der Waals surface area contributed by atoms with Gasteiger partial charge >= 0.3 is 6.18 Å². The van der Waals surface area contributed by atoms with Crippen molar-refractivity contribution in [3.63, 3.8) is 0 Å². The molecular formula is C20H20F3NO. The molecule has 0 saturated carbocycles. The molecule has 0 amide bonds. The van der Waals surface area contributed by atoms with Crippen molar-refractivity contribution in [2.45, 2.75) is 50.0 Å². The van der Waals surface area contributed by atoms with Crippen LogP contribution in [0.1, 0.15) is 31.2 Å². The van der Waals surface area contributed by atoms with Crippen LogP contribution in [-0.2, 0) is 6.18 Å². The fraction of sp³-hybridized carbons (Fsp3) is 0.400. The summed E-state index contributed by atoms with van der Waals surface area (Å²) in [5.74, 6) is 0.640. The minimum absolute atomic E-state index is 0.131. The highest BCUT2D eigenvalue weighted by atomic mass is 19.4. The summed E-state index contributed by atoms with van der Waals surface area (Å²) in [5, 5.41) is 3.56. The molecule has 2 aromatic rings. The van der Waals surface area contributed by atoms with Crippen LogP contribution >= 0.6 is 0 Å². The third-order valence-electron chi connectivity index (χ3n) is 5.11. The number of hydrogen-bond donors (Lipinski definition) is 1. The van der Waals surface area contributed by atoms with Gasteiger partial charge in [-0.2, -0.15) is 13.2 Å². The average Bonchev–Trinajstić information content (AvgIpc) is 2.93. The first-order chi connectivity index (χ1) is 12.0. The molecular weight excluding hydrogens is 327 g/mol. The van der Waals surface area contributed by atoms with Crippen molar-refractivity contribution in [1.29, 1.82) is 0 Å². The van der Waals surface area contributed by atoms with E-state index in [1.165, 1.54) is 25.0 Å². The number of rotatable bonds is 3. The van der Waals surface area contributed by atoms with Crippen LogP contribution in [0.25, 0.3) is 11.1 Å². The second-order valence-electron chi connectivity index (χ2n) is 6.92. The first-order valence-corrected chi connectivity index (χ1v) is 8.68. The molecule has 2 heterocycles. The van der Waals surface area contributed by atoms with Gasteiger partial charge in [0.2, 0.25) is 0 Å². The number of piperidine rings is 1. The van der Waals surface area contributed by atoms with Crippen molar-refractivity contribution in [3.05, 3.63) is 54.1 Å². The van der Waals surface area contributed by atoms with Gasteiger partial charge < -0.3 is 10.1 Å². The van der Waals surface area contributed by atoms with E-state index in [9.17, 15) is 13.2 Å². The largest absolute Gasteiger partial charge is 0.490 e. The average molecular weight is 347 g/mol. The molecule has 3 atom stereocenters. The summed E-state index contributed by atoms with van der Waals surface area (Å²) in [5.41, 5.74) is 0.0974. The fourth-order valence-corrected chi connectivity index (χ4v) is 4.01. The summed E-state index contributed by atoms with van der Waals surface area (Å²) in [7, 11) is 0. The van der Waals surface area contributed by atoms with Crippen LogP contribution in [0.15, 0.2) is 48.5 Å². The Morgan fingerprint density at radius 3 is 2.36 bits per heavy atom. The number of nitrogens with one attached hydrogen (secondary N) is 1. The maximum Gasteiger partial charge on any atom is 0.417 e. The predicted octanol–water partition coefficient (Wildman–Crippen LogP) is 5.03. The van der Waals surface area contributed by atoms with E-state index in [0.29, 0.717) is 23.4 Å². The maximum atomic E-state index is 13.3. The number of benzene rings is 2. The Morgan fingerprint density at radius 2 is 1.64 bits per heavy atom. The molecule has 0 radical (unpaired) electrons. The van der Waals surface area contributed by atoms with Crippen LogP contribution in [0.4, 0.5) is 13.2 Å². The molecule has 0 spiro atoms. The molecule has 0 aromatic heterocycles. The monoisotopic (exact) mass is 347 g/mol. The van der Waals surface area contributed by atoms with Gasteiger partial charge in [-0.05, 0) is 55.0 Å². The molecule has 5 heteroatoms. The van der Waals surface area contributed by atoms with E-state index in [4.69, 9.17) is 4.74 Å². The van der Waals surface area contributed by atoms with Gasteiger partial charge in [0.1, 0.15) is 11.9 Å². The molecule has 0 aliphatic carbocycles. The van der Waals surface area contributed by atoms with Gasteiger partial charge in [0.15, 0.2) is 0 Å². The van der Waals surface area contributed by atoms with Crippen LogP contribution in [-0.4, -0.2) is 18.2 Å². The number of ether oxygens (including phenoxy) is 1. The molecule has 2 bridgehead atoms. The van der Waals surface area contributed by atoms with Gasteiger partial charge in [-0.25, -0.2) is 0 Å². The van der Waals surface area contributed by atoms with Crippen LogP contribution < -0.4 is 10.1 Å². The lowest BCUT2D eigenvalue weighted by atomic mass is 9.99. The summed E-state index contributed by atoms with van der Waals surface area (Å²) in [6.07, 6.45) is 0.0425. The zero-order valence-corrected chi connectivity index (χ0v) is 13.7. The Kier molecular flexibility index (Phi) is 4.20. The van der Waals surface area contributed by atoms with Gasteiger partial charge in [0.05, 0.1) is 5.56 Å². The summed E-state index contributed by atoms with van der Waals surface area (Å²) < 4.78 is 45.9. The third-order valence-corrected chi connectivity index (χ3v) is 5.11. The second kappa shape index (κ2) is 6.37. The van der Waals surface area contributed by atoms with Crippen molar-refractivity contribution < 1.29 is 17.9 Å². The second-order valence-corrected chi connectivity index (χ2v) is 6.92. The van der Waals surface area contributed by atoms with Gasteiger partial charge in [-0.1, -0.05) is 30.3 Å². The van der Waals surface area contributed by atoms with Crippen LogP contribution in [0, 0.1) is 0 Å². The first-order valence-electron chi connectivity index (χ1n) is 8.68. The van der Waals surface area contributed by atoms with Crippen molar-refractivity contribution in [3.8, 4) is 16.9 Å². The SMILES string of the molecule is FC(F)(F)c1ccccc1-c1cccc(O[C@@H]2C[C@H]3CC[C@@H](C2)N3)c1. The lowest BCUT2D eigenvalue weighted by Crippen LogP contribution is -2.42. The quantitative estimate of drug-likeness (QED) is 0.840. The summed E-state index contributed by atoms with van der Waals surface area (Å²) in [6, 6.07) is 13.7. The minimum atomic E-state index is -4.37. The molecule has 2 nitrogen and oxygen atoms in total. The zero-order valence-electron chi connectivity index (χ0n) is 13.7. The van der Waals surface area contributed by atoms with Gasteiger partial charge in [-0.15, -0.1) is 0 Å². The van der Waals surface area contributed by atoms with Crippen LogP contribution in [0.3, 0.4) is 0 Å². The molecule has 2 aliphatic rings. The highest BCUT2D eigenvalue weighted by Gasteiger charge is 2.35. The zero-order chi connectivity index (χ0) is 17.4. The van der Waals surface area contributed by atoms with Crippen LogP contribution in [0.5, 0.6) is 5.75 Å². The Hall–Kier alpha value is -2.01. The minimum Gasteiger partial charge on any atom is -0.490 e. The molecule has 0 unspecified atom stereocenters. The van der Waals surface area contributed by atoms with Crippen molar-refractivity contribution in [2.75, 3.05) is 0 Å². The topological polar surface area (TPSA) is 21.3 Å². The molecule has 2 aromatic carbocycles. The number of fused-ring (bicyclic) bond motifs is 2. The molecule has 2 aliphatic heterocycles. The van der Waals surface area contributed by atoms with E-state index in [1.54, 1.807) is 24.3 Å². The third kappa shape index (κ3) is 3.52. The van der Waals surface area contributed by atoms with E-state index in [2.05, 4.69) is 5.32 Å². The summed E-state index contributed by atoms with van der Waals surface area (Å²) in [4.78, 5) is 0. The van der Waals surface area contributed by atoms with E-state index in [0.717, 1.165) is 18.9 Å². The molecule has 132 valence electrons. The van der Waals surface area contributed by atoms with Gasteiger partial charge in [0, 0.05) is 12.1 Å². The normalized spacial score (nSPS) is 25.8. The lowest BCUT2D eigenvalue weighted by molar-refractivity contribution is -0.137. The smallest absolute Gasteiger partial charge is 0.417 e. The maximum absolute atomic E-state index is 13.3. The first kappa shape index (κ1) is 16.5. The van der Waals surface area contributed by atoms with E-state index < -0.39 is 11.7 Å². The van der Waals surface area contributed by atoms with Crippen molar-refractivity contribution >= 4 is 0 Å². The number of hydrogen-bond acceptors (Lipinski definition) is 2. The van der Waals surface area contributed by atoms with Crippen molar-refractivity contribution in [2.24, 2.45) is 0 Å². The molecule has 2 fully saturated rings. The van der Waals surface area contributed by atoms with Crippen molar-refractivity contribution in [1.82, 2.24) is 5.32 Å². The highest BCUT2D eigenvalue weighted by Crippen LogP contribution is 2.38. The molecule has 4 rings (SSSR count). The Bertz CT molecular complexity index is 747.